The molecule has 0 unspecified atom stereocenters. The maximum absolute atomic E-state index is 11.6. The molecule has 0 bridgehead atoms. The van der Waals surface area contributed by atoms with Crippen molar-refractivity contribution >= 4 is 10.0 Å². The minimum atomic E-state index is -3.06. The van der Waals surface area contributed by atoms with Crippen molar-refractivity contribution in [2.75, 3.05) is 19.3 Å². The molecular weight excluding hydrogens is 264 g/mol. The Morgan fingerprint density at radius 3 is 2.95 bits per heavy atom. The number of piperidine rings is 1. The molecule has 0 aromatic carbocycles. The predicted octanol–water partition coefficient (Wildman–Crippen LogP) is 0.559. The van der Waals surface area contributed by atoms with Gasteiger partial charge in [-0.3, -0.25) is 0 Å². The van der Waals surface area contributed by atoms with E-state index in [-0.39, 0.29) is 0 Å². The van der Waals surface area contributed by atoms with Crippen LogP contribution in [0, 0.1) is 5.92 Å². The average molecular weight is 286 g/mol. The van der Waals surface area contributed by atoms with E-state index < -0.39 is 10.0 Å². The summed E-state index contributed by atoms with van der Waals surface area (Å²) < 4.78 is 24.8. The van der Waals surface area contributed by atoms with Crippen molar-refractivity contribution in [3.63, 3.8) is 0 Å². The highest BCUT2D eigenvalue weighted by Gasteiger charge is 2.31. The summed E-state index contributed by atoms with van der Waals surface area (Å²) in [6.07, 6.45) is 6.66. The molecule has 0 amide bonds. The van der Waals surface area contributed by atoms with Gasteiger partial charge in [0.05, 0.1) is 12.8 Å². The minimum Gasteiger partial charge on any atom is -0.348 e. The SMILES string of the molecule is CC[C@@H]1CN(S(C)(=O)=O)CC[C@H]1NCc1ncc[nH]1. The van der Waals surface area contributed by atoms with Gasteiger partial charge in [-0.15, -0.1) is 0 Å². The summed E-state index contributed by atoms with van der Waals surface area (Å²) in [6, 6.07) is 0.355. The van der Waals surface area contributed by atoms with Crippen LogP contribution >= 0.6 is 0 Å². The van der Waals surface area contributed by atoms with Gasteiger partial charge in [0.25, 0.3) is 0 Å². The zero-order valence-electron chi connectivity index (χ0n) is 11.5. The van der Waals surface area contributed by atoms with Crippen LogP contribution in [0.3, 0.4) is 0 Å². The van der Waals surface area contributed by atoms with Crippen molar-refractivity contribution in [1.29, 1.82) is 0 Å². The molecule has 2 rings (SSSR count). The van der Waals surface area contributed by atoms with Crippen LogP contribution in [0.15, 0.2) is 12.4 Å². The van der Waals surface area contributed by atoms with Crippen LogP contribution < -0.4 is 5.32 Å². The van der Waals surface area contributed by atoms with Gasteiger partial charge >= 0.3 is 0 Å². The standard InChI is InChI=1S/C12H22N4O2S/c1-3-10-9-16(19(2,17)18)7-4-11(10)15-8-12-13-5-6-14-12/h5-6,10-11,15H,3-4,7-9H2,1-2H3,(H,13,14)/t10-,11-/m1/s1. The lowest BCUT2D eigenvalue weighted by Gasteiger charge is -2.37. The van der Waals surface area contributed by atoms with Gasteiger partial charge < -0.3 is 10.3 Å². The second kappa shape index (κ2) is 6.02. The molecule has 1 aliphatic heterocycles. The van der Waals surface area contributed by atoms with Crippen molar-refractivity contribution in [3.8, 4) is 0 Å². The van der Waals surface area contributed by atoms with E-state index in [2.05, 4.69) is 22.2 Å². The molecule has 1 saturated heterocycles. The topological polar surface area (TPSA) is 78.1 Å². The molecule has 6 nitrogen and oxygen atoms in total. The Bertz CT molecular complexity index is 486. The van der Waals surface area contributed by atoms with E-state index in [0.717, 1.165) is 18.7 Å². The lowest BCUT2D eigenvalue weighted by atomic mass is 9.91. The molecule has 0 aliphatic carbocycles. The summed E-state index contributed by atoms with van der Waals surface area (Å²) in [7, 11) is -3.06. The fourth-order valence-corrected chi connectivity index (χ4v) is 3.50. The van der Waals surface area contributed by atoms with Crippen LogP contribution in [0.1, 0.15) is 25.6 Å². The number of aromatic nitrogens is 2. The van der Waals surface area contributed by atoms with Crippen molar-refractivity contribution < 1.29 is 8.42 Å². The molecule has 0 radical (unpaired) electrons. The number of imidazole rings is 1. The summed E-state index contributed by atoms with van der Waals surface area (Å²) in [4.78, 5) is 7.24. The molecule has 1 aromatic rings. The largest absolute Gasteiger partial charge is 0.348 e. The first kappa shape index (κ1) is 14.5. The molecule has 1 aliphatic rings. The van der Waals surface area contributed by atoms with Crippen molar-refractivity contribution in [2.45, 2.75) is 32.4 Å². The molecule has 19 heavy (non-hydrogen) atoms. The lowest BCUT2D eigenvalue weighted by Crippen LogP contribution is -2.50. The van der Waals surface area contributed by atoms with Crippen LogP contribution in [-0.2, 0) is 16.6 Å². The van der Waals surface area contributed by atoms with Gasteiger partial charge in [-0.25, -0.2) is 17.7 Å². The summed E-state index contributed by atoms with van der Waals surface area (Å²) in [6.45, 7) is 4.03. The van der Waals surface area contributed by atoms with Gasteiger partial charge in [-0.1, -0.05) is 13.3 Å². The number of hydrogen-bond donors (Lipinski definition) is 2. The Labute approximate surface area is 114 Å². The predicted molar refractivity (Wildman–Crippen MR) is 74.0 cm³/mol. The number of aromatic amines is 1. The molecule has 2 N–H and O–H groups in total. The summed E-state index contributed by atoms with van der Waals surface area (Å²) in [5.74, 6) is 1.28. The Balaban J connectivity index is 1.92. The maximum atomic E-state index is 11.6. The van der Waals surface area contributed by atoms with Gasteiger partial charge in [0.15, 0.2) is 0 Å². The van der Waals surface area contributed by atoms with E-state index in [0.29, 0.717) is 31.6 Å². The van der Waals surface area contributed by atoms with Gasteiger partial charge in [0, 0.05) is 31.5 Å². The highest BCUT2D eigenvalue weighted by molar-refractivity contribution is 7.88. The Morgan fingerprint density at radius 2 is 2.37 bits per heavy atom. The first-order chi connectivity index (χ1) is 9.00. The summed E-state index contributed by atoms with van der Waals surface area (Å²) in [5.41, 5.74) is 0. The van der Waals surface area contributed by atoms with Crippen LogP contribution in [0.2, 0.25) is 0 Å². The molecular formula is C12H22N4O2S. The third kappa shape index (κ3) is 3.77. The summed E-state index contributed by atoms with van der Waals surface area (Å²) in [5, 5.41) is 3.48. The normalized spacial score (nSPS) is 25.6. The van der Waals surface area contributed by atoms with Crippen molar-refractivity contribution in [2.24, 2.45) is 5.92 Å². The number of nitrogens with one attached hydrogen (secondary N) is 2. The Hall–Kier alpha value is -0.920. The highest BCUT2D eigenvalue weighted by atomic mass is 32.2. The quantitative estimate of drug-likeness (QED) is 0.829. The molecule has 0 saturated carbocycles. The molecule has 2 atom stereocenters. The first-order valence-electron chi connectivity index (χ1n) is 6.67. The smallest absolute Gasteiger partial charge is 0.211 e. The number of nitrogens with zero attached hydrogens (tertiary/aromatic N) is 2. The lowest BCUT2D eigenvalue weighted by molar-refractivity contribution is 0.201. The highest BCUT2D eigenvalue weighted by Crippen LogP contribution is 2.22. The molecule has 2 heterocycles. The van der Waals surface area contributed by atoms with Gasteiger partial charge in [0.1, 0.15) is 5.82 Å². The zero-order chi connectivity index (χ0) is 13.9. The van der Waals surface area contributed by atoms with Crippen LogP contribution in [0.4, 0.5) is 0 Å². The second-order valence-electron chi connectivity index (χ2n) is 5.10. The number of H-pyrrole nitrogens is 1. The number of hydrogen-bond acceptors (Lipinski definition) is 4. The van der Waals surface area contributed by atoms with Crippen LogP contribution in [0.25, 0.3) is 0 Å². The fraction of sp³-hybridized carbons (Fsp3) is 0.750. The van der Waals surface area contributed by atoms with E-state index in [4.69, 9.17) is 0 Å². The molecule has 1 fully saturated rings. The Morgan fingerprint density at radius 1 is 1.58 bits per heavy atom. The molecule has 108 valence electrons. The van der Waals surface area contributed by atoms with Crippen molar-refractivity contribution in [1.82, 2.24) is 19.6 Å². The molecule has 7 heteroatoms. The van der Waals surface area contributed by atoms with E-state index >= 15 is 0 Å². The van der Waals surface area contributed by atoms with Crippen LogP contribution in [-0.4, -0.2) is 48.1 Å². The van der Waals surface area contributed by atoms with E-state index in [1.165, 1.54) is 6.26 Å². The van der Waals surface area contributed by atoms with E-state index in [1.807, 2.05) is 0 Å². The summed E-state index contributed by atoms with van der Waals surface area (Å²) >= 11 is 0. The maximum Gasteiger partial charge on any atom is 0.211 e. The van der Waals surface area contributed by atoms with E-state index in [1.54, 1.807) is 16.7 Å². The monoisotopic (exact) mass is 286 g/mol. The third-order valence-corrected chi connectivity index (χ3v) is 5.05. The average Bonchev–Trinajstić information content (AvgIpc) is 2.88. The van der Waals surface area contributed by atoms with Gasteiger partial charge in [-0.05, 0) is 12.3 Å². The van der Waals surface area contributed by atoms with Crippen molar-refractivity contribution in [3.05, 3.63) is 18.2 Å². The van der Waals surface area contributed by atoms with Gasteiger partial charge in [-0.2, -0.15) is 0 Å². The van der Waals surface area contributed by atoms with Crippen LogP contribution in [0.5, 0.6) is 0 Å². The Kier molecular flexibility index (Phi) is 4.59. The number of rotatable bonds is 5. The van der Waals surface area contributed by atoms with Gasteiger partial charge in [0.2, 0.25) is 10.0 Å². The third-order valence-electron chi connectivity index (χ3n) is 3.78. The first-order valence-corrected chi connectivity index (χ1v) is 8.52. The molecule has 0 spiro atoms. The zero-order valence-corrected chi connectivity index (χ0v) is 12.3. The van der Waals surface area contributed by atoms with E-state index in [9.17, 15) is 8.42 Å². The second-order valence-corrected chi connectivity index (χ2v) is 7.08. The fourth-order valence-electron chi connectivity index (χ4n) is 2.60. The molecule has 1 aromatic heterocycles. The minimum absolute atomic E-state index is 0.355. The number of sulfonamides is 1.